The number of nitrogens with one attached hydrogen (secondary N) is 1. The molecule has 0 aromatic heterocycles. The highest BCUT2D eigenvalue weighted by atomic mass is 79.9. The second-order valence-electron chi connectivity index (χ2n) is 4.80. The molecule has 1 saturated carbocycles. The summed E-state index contributed by atoms with van der Waals surface area (Å²) >= 11 is 3.39. The summed E-state index contributed by atoms with van der Waals surface area (Å²) in [5.41, 5.74) is 6.91. The number of rotatable bonds is 4. The molecule has 0 saturated heterocycles. The molecule has 18 heavy (non-hydrogen) atoms. The van der Waals surface area contributed by atoms with Gasteiger partial charge in [-0.1, -0.05) is 28.1 Å². The first-order chi connectivity index (χ1) is 8.07. The maximum absolute atomic E-state index is 11.7. The first-order valence-electron chi connectivity index (χ1n) is 5.87. The molecule has 1 aromatic carbocycles. The average molecular weight is 334 g/mol. The molecule has 0 unspecified atom stereocenters. The molecule has 1 aliphatic rings. The summed E-state index contributed by atoms with van der Waals surface area (Å²) in [4.78, 5) is 11.7. The van der Waals surface area contributed by atoms with Crippen LogP contribution in [0.1, 0.15) is 24.8 Å². The summed E-state index contributed by atoms with van der Waals surface area (Å²) < 4.78 is 0.997. The van der Waals surface area contributed by atoms with Crippen LogP contribution >= 0.6 is 28.3 Å². The van der Waals surface area contributed by atoms with Crippen LogP contribution in [0, 0.1) is 0 Å². The first-order valence-corrected chi connectivity index (χ1v) is 6.67. The Hall–Kier alpha value is -0.580. The highest BCUT2D eigenvalue weighted by molar-refractivity contribution is 9.10. The van der Waals surface area contributed by atoms with Gasteiger partial charge in [0.15, 0.2) is 0 Å². The van der Waals surface area contributed by atoms with Crippen molar-refractivity contribution in [1.82, 2.24) is 5.32 Å². The quantitative estimate of drug-likeness (QED) is 0.889. The molecule has 1 aliphatic carbocycles. The van der Waals surface area contributed by atoms with Crippen molar-refractivity contribution < 1.29 is 4.79 Å². The molecule has 0 spiro atoms. The maximum Gasteiger partial charge on any atom is 0.224 e. The van der Waals surface area contributed by atoms with E-state index in [1.165, 1.54) is 6.42 Å². The lowest BCUT2D eigenvalue weighted by Crippen LogP contribution is -2.55. The monoisotopic (exact) mass is 332 g/mol. The van der Waals surface area contributed by atoms with Crippen molar-refractivity contribution in [3.05, 3.63) is 34.3 Å². The third-order valence-electron chi connectivity index (χ3n) is 3.24. The molecule has 3 nitrogen and oxygen atoms in total. The minimum absolute atomic E-state index is 0. The number of hydrogen-bond donors (Lipinski definition) is 2. The van der Waals surface area contributed by atoms with Gasteiger partial charge in [0.05, 0.1) is 6.42 Å². The Morgan fingerprint density at radius 2 is 2.17 bits per heavy atom. The topological polar surface area (TPSA) is 55.1 Å². The number of carbonyl (C=O) groups is 1. The zero-order valence-corrected chi connectivity index (χ0v) is 12.5. The van der Waals surface area contributed by atoms with Gasteiger partial charge in [-0.2, -0.15) is 0 Å². The van der Waals surface area contributed by atoms with Gasteiger partial charge in [-0.15, -0.1) is 12.4 Å². The number of benzene rings is 1. The lowest BCUT2D eigenvalue weighted by atomic mass is 9.78. The number of hydrogen-bond acceptors (Lipinski definition) is 2. The van der Waals surface area contributed by atoms with Gasteiger partial charge in [-0.05, 0) is 37.0 Å². The van der Waals surface area contributed by atoms with Gasteiger partial charge in [-0.3, -0.25) is 4.79 Å². The molecule has 1 aromatic rings. The minimum atomic E-state index is -0.146. The third-order valence-corrected chi connectivity index (χ3v) is 3.73. The number of nitrogens with two attached hydrogens (primary N) is 1. The summed E-state index contributed by atoms with van der Waals surface area (Å²) in [5.74, 6) is 0.0415. The van der Waals surface area contributed by atoms with Crippen LogP contribution in [0.2, 0.25) is 0 Å². The van der Waals surface area contributed by atoms with E-state index in [4.69, 9.17) is 5.73 Å². The second kappa shape index (κ2) is 6.55. The molecule has 0 radical (unpaired) electrons. The molecule has 0 atom stereocenters. The van der Waals surface area contributed by atoms with E-state index in [2.05, 4.69) is 21.2 Å². The molecular formula is C13H18BrClN2O. The van der Waals surface area contributed by atoms with Crippen LogP contribution in [-0.2, 0) is 11.2 Å². The normalized spacial score (nSPS) is 16.3. The zero-order valence-electron chi connectivity index (χ0n) is 10.1. The van der Waals surface area contributed by atoms with E-state index in [9.17, 15) is 4.79 Å². The Kier molecular flexibility index (Phi) is 5.63. The standard InChI is InChI=1S/C13H17BrN2O.ClH/c14-11-4-1-3-10(7-11)8-12(17)16-9-13(15)5-2-6-13;/h1,3-4,7H,2,5-6,8-9,15H2,(H,16,17);1H. The largest absolute Gasteiger partial charge is 0.354 e. The van der Waals surface area contributed by atoms with Crippen LogP contribution in [0.3, 0.4) is 0 Å². The lowest BCUT2D eigenvalue weighted by Gasteiger charge is -2.38. The number of halogens is 2. The summed E-state index contributed by atoms with van der Waals surface area (Å²) in [5, 5.41) is 2.91. The van der Waals surface area contributed by atoms with Crippen LogP contribution in [0.4, 0.5) is 0 Å². The Labute approximate surface area is 122 Å². The summed E-state index contributed by atoms with van der Waals surface area (Å²) in [6.45, 7) is 0.597. The molecule has 3 N–H and O–H groups in total. The Morgan fingerprint density at radius 3 is 2.72 bits per heavy atom. The van der Waals surface area contributed by atoms with E-state index in [0.717, 1.165) is 22.9 Å². The molecule has 0 aliphatic heterocycles. The van der Waals surface area contributed by atoms with Gasteiger partial charge in [0, 0.05) is 16.6 Å². The minimum Gasteiger partial charge on any atom is -0.354 e. The van der Waals surface area contributed by atoms with E-state index >= 15 is 0 Å². The van der Waals surface area contributed by atoms with Gasteiger partial charge >= 0.3 is 0 Å². The van der Waals surface area contributed by atoms with Crippen LogP contribution in [0.15, 0.2) is 28.7 Å². The van der Waals surface area contributed by atoms with Crippen molar-refractivity contribution in [3.8, 4) is 0 Å². The van der Waals surface area contributed by atoms with Crippen molar-refractivity contribution in [3.63, 3.8) is 0 Å². The van der Waals surface area contributed by atoms with E-state index in [-0.39, 0.29) is 23.9 Å². The van der Waals surface area contributed by atoms with Gasteiger partial charge < -0.3 is 11.1 Å². The third kappa shape index (κ3) is 4.26. The smallest absolute Gasteiger partial charge is 0.224 e. The van der Waals surface area contributed by atoms with Gasteiger partial charge in [0.1, 0.15) is 0 Å². The molecule has 100 valence electrons. The fourth-order valence-electron chi connectivity index (χ4n) is 1.98. The highest BCUT2D eigenvalue weighted by Gasteiger charge is 2.32. The number of carbonyl (C=O) groups excluding carboxylic acids is 1. The van der Waals surface area contributed by atoms with Gasteiger partial charge in [-0.25, -0.2) is 0 Å². The first kappa shape index (κ1) is 15.5. The van der Waals surface area contributed by atoms with Crippen LogP contribution in [-0.4, -0.2) is 18.0 Å². The fourth-order valence-corrected chi connectivity index (χ4v) is 2.42. The predicted molar refractivity (Wildman–Crippen MR) is 78.9 cm³/mol. The maximum atomic E-state index is 11.7. The van der Waals surface area contributed by atoms with Crippen LogP contribution in [0.25, 0.3) is 0 Å². The summed E-state index contributed by atoms with van der Waals surface area (Å²) in [6, 6.07) is 7.79. The lowest BCUT2D eigenvalue weighted by molar-refractivity contribution is -0.120. The van der Waals surface area contributed by atoms with Crippen LogP contribution < -0.4 is 11.1 Å². The Morgan fingerprint density at radius 1 is 1.44 bits per heavy atom. The second-order valence-corrected chi connectivity index (χ2v) is 5.72. The van der Waals surface area contributed by atoms with Gasteiger partial charge in [0.2, 0.25) is 5.91 Å². The zero-order chi connectivity index (χ0) is 12.3. The summed E-state index contributed by atoms with van der Waals surface area (Å²) in [6.07, 6.45) is 3.63. The van der Waals surface area contributed by atoms with Crippen molar-refractivity contribution in [1.29, 1.82) is 0 Å². The predicted octanol–water partition coefficient (Wildman–Crippen LogP) is 2.41. The Bertz CT molecular complexity index is 421. The summed E-state index contributed by atoms with van der Waals surface area (Å²) in [7, 11) is 0. The molecule has 5 heteroatoms. The molecule has 1 fully saturated rings. The molecule has 0 heterocycles. The molecule has 0 bridgehead atoms. The average Bonchev–Trinajstić information content (AvgIpc) is 2.24. The SMILES string of the molecule is Cl.NC1(CNC(=O)Cc2cccc(Br)c2)CCC1. The van der Waals surface area contributed by atoms with Crippen molar-refractivity contribution in [2.45, 2.75) is 31.2 Å². The van der Waals surface area contributed by atoms with Crippen molar-refractivity contribution in [2.75, 3.05) is 6.54 Å². The Balaban J connectivity index is 0.00000162. The van der Waals surface area contributed by atoms with Crippen LogP contribution in [0.5, 0.6) is 0 Å². The van der Waals surface area contributed by atoms with E-state index in [1.54, 1.807) is 0 Å². The van der Waals surface area contributed by atoms with E-state index < -0.39 is 0 Å². The highest BCUT2D eigenvalue weighted by Crippen LogP contribution is 2.28. The van der Waals surface area contributed by atoms with E-state index in [0.29, 0.717) is 13.0 Å². The molecule has 2 rings (SSSR count). The molecule has 1 amide bonds. The van der Waals surface area contributed by atoms with Crippen molar-refractivity contribution >= 4 is 34.2 Å². The fraction of sp³-hybridized carbons (Fsp3) is 0.462. The van der Waals surface area contributed by atoms with E-state index in [1.807, 2.05) is 24.3 Å². The number of amides is 1. The van der Waals surface area contributed by atoms with Crippen molar-refractivity contribution in [2.24, 2.45) is 5.73 Å². The molecular weight excluding hydrogens is 316 g/mol. The van der Waals surface area contributed by atoms with Gasteiger partial charge in [0.25, 0.3) is 0 Å².